The first kappa shape index (κ1) is 18.2. The van der Waals surface area contributed by atoms with E-state index in [0.717, 1.165) is 6.42 Å². The highest BCUT2D eigenvalue weighted by Crippen LogP contribution is 2.26. The van der Waals surface area contributed by atoms with E-state index in [9.17, 15) is 19.8 Å². The van der Waals surface area contributed by atoms with Crippen LogP contribution in [0.3, 0.4) is 0 Å². The van der Waals surface area contributed by atoms with E-state index < -0.39 is 24.0 Å². The number of halogens is 2. The number of carboxylic acid groups (broad SMARTS) is 1. The number of benzene rings is 1. The first-order valence-corrected chi connectivity index (χ1v) is 8.29. The summed E-state index contributed by atoms with van der Waals surface area (Å²) in [4.78, 5) is 23.4. The van der Waals surface area contributed by atoms with Gasteiger partial charge in [0.25, 0.3) is 5.91 Å². The van der Waals surface area contributed by atoms with E-state index in [1.54, 1.807) is 6.07 Å². The molecule has 1 aromatic carbocycles. The van der Waals surface area contributed by atoms with E-state index >= 15 is 0 Å². The standard InChI is InChI=1S/C15H17BrClNO5/c16-10-6-9(1-2-11(10)17)13(19)14(20)18-12(15(21)22)5-8-3-4-23-7-8/h1-2,6,8,12-13,19H,3-5,7H2,(H,18,20)(H,21,22). The number of carbonyl (C=O) groups is 2. The predicted octanol–water partition coefficient (Wildman–Crippen LogP) is 2.13. The Morgan fingerprint density at radius 1 is 1.48 bits per heavy atom. The van der Waals surface area contributed by atoms with Crippen LogP contribution in [0.15, 0.2) is 22.7 Å². The number of nitrogens with one attached hydrogen (secondary N) is 1. The monoisotopic (exact) mass is 405 g/mol. The van der Waals surface area contributed by atoms with E-state index in [-0.39, 0.29) is 12.3 Å². The van der Waals surface area contributed by atoms with Crippen molar-refractivity contribution in [3.05, 3.63) is 33.3 Å². The summed E-state index contributed by atoms with van der Waals surface area (Å²) in [6.45, 7) is 1.10. The SMILES string of the molecule is O=C(O)C(CC1CCOC1)NC(=O)C(O)c1ccc(Cl)c(Br)c1. The number of carboxylic acids is 1. The Morgan fingerprint density at radius 2 is 2.22 bits per heavy atom. The van der Waals surface area contributed by atoms with Crippen molar-refractivity contribution in [1.29, 1.82) is 0 Å². The summed E-state index contributed by atoms with van der Waals surface area (Å²) < 4.78 is 5.75. The van der Waals surface area contributed by atoms with Crippen molar-refractivity contribution in [2.75, 3.05) is 13.2 Å². The average Bonchev–Trinajstić information content (AvgIpc) is 3.01. The number of ether oxygens (including phenoxy) is 1. The molecule has 0 saturated carbocycles. The van der Waals surface area contributed by atoms with Gasteiger partial charge in [-0.3, -0.25) is 4.79 Å². The molecule has 1 fully saturated rings. The molecule has 1 saturated heterocycles. The summed E-state index contributed by atoms with van der Waals surface area (Å²) in [7, 11) is 0. The molecular weight excluding hydrogens is 390 g/mol. The zero-order valence-electron chi connectivity index (χ0n) is 12.2. The number of amides is 1. The summed E-state index contributed by atoms with van der Waals surface area (Å²) in [5, 5.41) is 22.2. The molecule has 8 heteroatoms. The van der Waals surface area contributed by atoms with Gasteiger partial charge in [-0.15, -0.1) is 0 Å². The molecule has 0 radical (unpaired) electrons. The van der Waals surface area contributed by atoms with Crippen molar-refractivity contribution >= 4 is 39.4 Å². The summed E-state index contributed by atoms with van der Waals surface area (Å²) in [6.07, 6.45) is -0.421. The molecule has 1 aliphatic heterocycles. The molecule has 0 spiro atoms. The molecule has 3 atom stereocenters. The van der Waals surface area contributed by atoms with Gasteiger partial charge >= 0.3 is 5.97 Å². The number of hydrogen-bond donors (Lipinski definition) is 3. The van der Waals surface area contributed by atoms with Crippen molar-refractivity contribution in [2.24, 2.45) is 5.92 Å². The Morgan fingerprint density at radius 3 is 2.78 bits per heavy atom. The van der Waals surface area contributed by atoms with Crippen LogP contribution in [0.1, 0.15) is 24.5 Å². The molecule has 3 N–H and O–H groups in total. The molecule has 6 nitrogen and oxygen atoms in total. The molecule has 1 aliphatic rings. The van der Waals surface area contributed by atoms with Crippen LogP contribution in [-0.2, 0) is 14.3 Å². The fourth-order valence-electron chi connectivity index (χ4n) is 2.41. The lowest BCUT2D eigenvalue weighted by atomic mass is 9.98. The third kappa shape index (κ3) is 4.91. The molecule has 1 heterocycles. The van der Waals surface area contributed by atoms with E-state index in [1.807, 2.05) is 0 Å². The Balaban J connectivity index is 2.01. The van der Waals surface area contributed by atoms with Gasteiger partial charge in [-0.05, 0) is 52.4 Å². The Hall–Kier alpha value is -1.15. The van der Waals surface area contributed by atoms with Gasteiger partial charge < -0.3 is 20.3 Å². The number of rotatable bonds is 6. The number of aliphatic carboxylic acids is 1. The van der Waals surface area contributed by atoms with E-state index in [1.165, 1.54) is 12.1 Å². The molecule has 0 aromatic heterocycles. The molecule has 0 aliphatic carbocycles. The van der Waals surface area contributed by atoms with Crippen molar-refractivity contribution in [1.82, 2.24) is 5.32 Å². The highest BCUT2D eigenvalue weighted by molar-refractivity contribution is 9.10. The minimum atomic E-state index is -1.47. The van der Waals surface area contributed by atoms with E-state index in [2.05, 4.69) is 21.2 Å². The molecular formula is C15H17BrClNO5. The zero-order chi connectivity index (χ0) is 17.0. The second kappa shape index (κ2) is 8.10. The van der Waals surface area contributed by atoms with E-state index in [4.69, 9.17) is 16.3 Å². The first-order chi connectivity index (χ1) is 10.9. The highest BCUT2D eigenvalue weighted by Gasteiger charge is 2.29. The lowest BCUT2D eigenvalue weighted by Crippen LogP contribution is -2.44. The topological polar surface area (TPSA) is 95.9 Å². The minimum absolute atomic E-state index is 0.0956. The number of hydrogen-bond acceptors (Lipinski definition) is 4. The number of aliphatic hydroxyl groups excluding tert-OH is 1. The fourth-order valence-corrected chi connectivity index (χ4v) is 2.92. The van der Waals surface area contributed by atoms with Gasteiger partial charge in [-0.25, -0.2) is 4.79 Å². The van der Waals surface area contributed by atoms with Crippen LogP contribution in [0.25, 0.3) is 0 Å². The zero-order valence-corrected chi connectivity index (χ0v) is 14.5. The molecule has 1 amide bonds. The van der Waals surface area contributed by atoms with Crippen molar-refractivity contribution < 1.29 is 24.5 Å². The third-order valence-corrected chi connectivity index (χ3v) is 4.93. The fraction of sp³-hybridized carbons (Fsp3) is 0.467. The number of carbonyl (C=O) groups excluding carboxylic acids is 1. The molecule has 0 bridgehead atoms. The second-order valence-corrected chi connectivity index (χ2v) is 6.70. The summed E-state index contributed by atoms with van der Waals surface area (Å²) in [5.41, 5.74) is 0.326. The molecule has 126 valence electrons. The van der Waals surface area contributed by atoms with Crippen LogP contribution in [0.4, 0.5) is 0 Å². The Labute approximate surface area is 146 Å². The lowest BCUT2D eigenvalue weighted by Gasteiger charge is -2.19. The average molecular weight is 407 g/mol. The smallest absolute Gasteiger partial charge is 0.326 e. The minimum Gasteiger partial charge on any atom is -0.480 e. The molecule has 2 rings (SSSR count). The van der Waals surface area contributed by atoms with Gasteiger partial charge in [-0.2, -0.15) is 0 Å². The van der Waals surface area contributed by atoms with Crippen LogP contribution in [0, 0.1) is 5.92 Å². The normalized spacial score (nSPS) is 20.0. The lowest BCUT2D eigenvalue weighted by molar-refractivity contribution is -0.144. The first-order valence-electron chi connectivity index (χ1n) is 7.12. The van der Waals surface area contributed by atoms with Crippen LogP contribution >= 0.6 is 27.5 Å². The van der Waals surface area contributed by atoms with Gasteiger partial charge in [0.2, 0.25) is 0 Å². The van der Waals surface area contributed by atoms with Crippen LogP contribution < -0.4 is 5.32 Å². The maximum absolute atomic E-state index is 12.1. The quantitative estimate of drug-likeness (QED) is 0.672. The largest absolute Gasteiger partial charge is 0.480 e. The summed E-state index contributed by atoms with van der Waals surface area (Å²) in [6, 6.07) is 3.52. The molecule has 23 heavy (non-hydrogen) atoms. The van der Waals surface area contributed by atoms with Gasteiger partial charge in [0.15, 0.2) is 6.10 Å². The van der Waals surface area contributed by atoms with Crippen LogP contribution in [-0.4, -0.2) is 41.3 Å². The van der Waals surface area contributed by atoms with Gasteiger partial charge in [0.05, 0.1) is 5.02 Å². The van der Waals surface area contributed by atoms with Crippen molar-refractivity contribution in [3.8, 4) is 0 Å². The van der Waals surface area contributed by atoms with Crippen LogP contribution in [0.2, 0.25) is 5.02 Å². The Kier molecular flexibility index (Phi) is 6.41. The van der Waals surface area contributed by atoms with Gasteiger partial charge in [0, 0.05) is 17.7 Å². The third-order valence-electron chi connectivity index (χ3n) is 3.72. The van der Waals surface area contributed by atoms with Crippen molar-refractivity contribution in [2.45, 2.75) is 25.0 Å². The van der Waals surface area contributed by atoms with Crippen molar-refractivity contribution in [3.63, 3.8) is 0 Å². The highest BCUT2D eigenvalue weighted by atomic mass is 79.9. The van der Waals surface area contributed by atoms with E-state index in [0.29, 0.717) is 28.3 Å². The maximum atomic E-state index is 12.1. The predicted molar refractivity (Wildman–Crippen MR) is 87.2 cm³/mol. The van der Waals surface area contributed by atoms with Crippen LogP contribution in [0.5, 0.6) is 0 Å². The molecule has 1 aromatic rings. The van der Waals surface area contributed by atoms with Gasteiger partial charge in [-0.1, -0.05) is 17.7 Å². The van der Waals surface area contributed by atoms with Gasteiger partial charge in [0.1, 0.15) is 6.04 Å². The number of aliphatic hydroxyl groups is 1. The summed E-state index contributed by atoms with van der Waals surface area (Å²) in [5.74, 6) is -1.79. The summed E-state index contributed by atoms with van der Waals surface area (Å²) >= 11 is 9.08. The second-order valence-electron chi connectivity index (χ2n) is 5.44. The maximum Gasteiger partial charge on any atom is 0.326 e. The Bertz CT molecular complexity index is 591. The molecule has 3 unspecified atom stereocenters.